The summed E-state index contributed by atoms with van der Waals surface area (Å²) in [5.74, 6) is 0.328. The maximum Gasteiger partial charge on any atom is 0.143 e. The third-order valence-corrected chi connectivity index (χ3v) is 5.71. The Hall–Kier alpha value is -2.76. The number of halogens is 1. The topological polar surface area (TPSA) is 66.9 Å². The summed E-state index contributed by atoms with van der Waals surface area (Å²) < 4.78 is 0. The molecule has 0 saturated carbocycles. The fourth-order valence-electron chi connectivity index (χ4n) is 3.75. The molecule has 0 spiro atoms. The molecule has 1 fully saturated rings. The SMILES string of the molecule is O=C(Cc1cc(-c2cccc(NCc3cccnc3)c2)c(Cl)cn1)[C@@H]1CCCNC1. The Morgan fingerprint density at radius 2 is 2.13 bits per heavy atom. The first-order valence-corrected chi connectivity index (χ1v) is 10.7. The molecule has 2 aromatic heterocycles. The zero-order valence-corrected chi connectivity index (χ0v) is 17.5. The van der Waals surface area contributed by atoms with E-state index in [0.29, 0.717) is 18.0 Å². The normalized spacial score (nSPS) is 16.2. The highest BCUT2D eigenvalue weighted by Gasteiger charge is 2.21. The molecule has 1 aliphatic rings. The average Bonchev–Trinajstić information content (AvgIpc) is 2.80. The first-order valence-electron chi connectivity index (χ1n) is 10.3. The maximum absolute atomic E-state index is 12.6. The first kappa shape index (κ1) is 20.5. The van der Waals surface area contributed by atoms with E-state index in [9.17, 15) is 4.79 Å². The van der Waals surface area contributed by atoms with Crippen molar-refractivity contribution in [2.45, 2.75) is 25.8 Å². The third kappa shape index (κ3) is 5.23. The number of pyridine rings is 2. The fourth-order valence-corrected chi connectivity index (χ4v) is 3.97. The van der Waals surface area contributed by atoms with E-state index in [2.05, 4.69) is 26.7 Å². The van der Waals surface area contributed by atoms with Crippen LogP contribution in [0, 0.1) is 5.92 Å². The number of carbonyl (C=O) groups is 1. The highest BCUT2D eigenvalue weighted by Crippen LogP contribution is 2.30. The summed E-state index contributed by atoms with van der Waals surface area (Å²) in [6.45, 7) is 2.46. The minimum Gasteiger partial charge on any atom is -0.381 e. The quantitative estimate of drug-likeness (QED) is 0.588. The minimum atomic E-state index is 0.0830. The predicted octanol–water partition coefficient (Wildman–Crippen LogP) is 4.52. The van der Waals surface area contributed by atoms with Crippen LogP contribution >= 0.6 is 11.6 Å². The van der Waals surface area contributed by atoms with Crippen LogP contribution in [-0.2, 0) is 17.8 Å². The highest BCUT2D eigenvalue weighted by molar-refractivity contribution is 6.33. The molecule has 1 saturated heterocycles. The molecule has 3 aromatic rings. The Kier molecular flexibility index (Phi) is 6.72. The second-order valence-electron chi connectivity index (χ2n) is 7.64. The third-order valence-electron chi connectivity index (χ3n) is 5.41. The number of hydrogen-bond donors (Lipinski definition) is 2. The molecule has 154 valence electrons. The van der Waals surface area contributed by atoms with E-state index in [1.807, 2.05) is 42.6 Å². The molecule has 0 aliphatic carbocycles. The van der Waals surface area contributed by atoms with Crippen LogP contribution in [-0.4, -0.2) is 28.8 Å². The number of aromatic nitrogens is 2. The highest BCUT2D eigenvalue weighted by atomic mass is 35.5. The number of benzene rings is 1. The minimum absolute atomic E-state index is 0.0830. The lowest BCUT2D eigenvalue weighted by Crippen LogP contribution is -2.35. The molecule has 30 heavy (non-hydrogen) atoms. The van der Waals surface area contributed by atoms with E-state index in [0.717, 1.165) is 54.0 Å². The van der Waals surface area contributed by atoms with E-state index in [-0.39, 0.29) is 11.7 Å². The summed E-state index contributed by atoms with van der Waals surface area (Å²) in [5, 5.41) is 7.30. The number of Topliss-reactive ketones (excluding diaryl/α,β-unsaturated/α-hetero) is 1. The largest absolute Gasteiger partial charge is 0.381 e. The lowest BCUT2D eigenvalue weighted by atomic mass is 9.92. The van der Waals surface area contributed by atoms with Crippen molar-refractivity contribution in [3.8, 4) is 11.1 Å². The number of ketones is 1. The number of carbonyl (C=O) groups excluding carboxylic acids is 1. The lowest BCUT2D eigenvalue weighted by Gasteiger charge is -2.21. The molecule has 0 radical (unpaired) electrons. The average molecular weight is 421 g/mol. The van der Waals surface area contributed by atoms with Gasteiger partial charge in [0.25, 0.3) is 0 Å². The van der Waals surface area contributed by atoms with Gasteiger partial charge < -0.3 is 10.6 Å². The van der Waals surface area contributed by atoms with Gasteiger partial charge in [0.05, 0.1) is 5.02 Å². The van der Waals surface area contributed by atoms with Crippen molar-refractivity contribution in [3.63, 3.8) is 0 Å². The van der Waals surface area contributed by atoms with Gasteiger partial charge in [0.15, 0.2) is 0 Å². The van der Waals surface area contributed by atoms with Crippen molar-refractivity contribution in [2.75, 3.05) is 18.4 Å². The van der Waals surface area contributed by atoms with Crippen molar-refractivity contribution in [1.82, 2.24) is 15.3 Å². The van der Waals surface area contributed by atoms with Gasteiger partial charge in [0.2, 0.25) is 0 Å². The summed E-state index contributed by atoms with van der Waals surface area (Å²) >= 11 is 6.46. The van der Waals surface area contributed by atoms with Gasteiger partial charge >= 0.3 is 0 Å². The van der Waals surface area contributed by atoms with Crippen LogP contribution in [0.1, 0.15) is 24.1 Å². The second kappa shape index (κ2) is 9.83. The van der Waals surface area contributed by atoms with E-state index in [1.165, 1.54) is 0 Å². The van der Waals surface area contributed by atoms with Gasteiger partial charge in [0.1, 0.15) is 5.78 Å². The van der Waals surface area contributed by atoms with E-state index >= 15 is 0 Å². The van der Waals surface area contributed by atoms with Gasteiger partial charge in [-0.15, -0.1) is 0 Å². The summed E-state index contributed by atoms with van der Waals surface area (Å²) in [6.07, 6.45) is 7.61. The summed E-state index contributed by atoms with van der Waals surface area (Å²) in [7, 11) is 0. The molecule has 0 bridgehead atoms. The molecule has 2 N–H and O–H groups in total. The second-order valence-corrected chi connectivity index (χ2v) is 8.04. The standard InChI is InChI=1S/C24H25ClN4O/c25-23-16-29-21(12-24(30)19-6-3-9-27-15-19)11-22(23)18-5-1-7-20(10-18)28-14-17-4-2-8-26-13-17/h1-2,4-5,7-8,10-11,13,16,19,27-28H,3,6,9,12,14-15H2/t19-/m1/s1. The van der Waals surface area contributed by atoms with E-state index < -0.39 is 0 Å². The van der Waals surface area contributed by atoms with Crippen molar-refractivity contribution < 1.29 is 4.79 Å². The van der Waals surface area contributed by atoms with Crippen LogP contribution in [0.4, 0.5) is 5.69 Å². The molecule has 6 heteroatoms. The summed E-state index contributed by atoms with van der Waals surface area (Å²) in [6, 6.07) is 14.0. The van der Waals surface area contributed by atoms with Crippen molar-refractivity contribution in [3.05, 3.63) is 77.3 Å². The Labute approximate surface area is 181 Å². The Balaban J connectivity index is 1.49. The van der Waals surface area contributed by atoms with E-state index in [1.54, 1.807) is 12.4 Å². The number of rotatable bonds is 7. The van der Waals surface area contributed by atoms with Crippen LogP contribution in [0.15, 0.2) is 61.1 Å². The number of hydrogen-bond acceptors (Lipinski definition) is 5. The van der Waals surface area contributed by atoms with Crippen molar-refractivity contribution in [1.29, 1.82) is 0 Å². The Morgan fingerprint density at radius 3 is 2.93 bits per heavy atom. The molecule has 1 atom stereocenters. The molecule has 1 aliphatic heterocycles. The number of nitrogens with zero attached hydrogens (tertiary/aromatic N) is 2. The zero-order valence-electron chi connectivity index (χ0n) is 16.8. The molecule has 0 unspecified atom stereocenters. The summed E-state index contributed by atoms with van der Waals surface area (Å²) in [4.78, 5) is 21.2. The fraction of sp³-hybridized carbons (Fsp3) is 0.292. The van der Waals surface area contributed by atoms with Gasteiger partial charge in [-0.3, -0.25) is 14.8 Å². The Bertz CT molecular complexity index is 1000. The van der Waals surface area contributed by atoms with Crippen LogP contribution in [0.25, 0.3) is 11.1 Å². The van der Waals surface area contributed by atoms with Crippen LogP contribution in [0.2, 0.25) is 5.02 Å². The molecular weight excluding hydrogens is 396 g/mol. The first-order chi connectivity index (χ1) is 14.7. The van der Waals surface area contributed by atoms with Crippen LogP contribution < -0.4 is 10.6 Å². The lowest BCUT2D eigenvalue weighted by molar-refractivity contribution is -0.122. The van der Waals surface area contributed by atoms with Crippen molar-refractivity contribution in [2.24, 2.45) is 5.92 Å². The van der Waals surface area contributed by atoms with Gasteiger partial charge in [-0.1, -0.05) is 29.8 Å². The monoisotopic (exact) mass is 420 g/mol. The van der Waals surface area contributed by atoms with Gasteiger partial charge in [-0.2, -0.15) is 0 Å². The Morgan fingerprint density at radius 1 is 1.20 bits per heavy atom. The molecule has 5 nitrogen and oxygen atoms in total. The molecule has 4 rings (SSSR count). The van der Waals surface area contributed by atoms with Crippen molar-refractivity contribution >= 4 is 23.1 Å². The molecular formula is C24H25ClN4O. The molecule has 0 amide bonds. The van der Waals surface area contributed by atoms with Gasteiger partial charge in [0, 0.05) is 61.0 Å². The van der Waals surface area contributed by atoms with Crippen LogP contribution in [0.3, 0.4) is 0 Å². The van der Waals surface area contributed by atoms with Gasteiger partial charge in [-0.25, -0.2) is 0 Å². The smallest absolute Gasteiger partial charge is 0.143 e. The van der Waals surface area contributed by atoms with E-state index in [4.69, 9.17) is 11.6 Å². The zero-order chi connectivity index (χ0) is 20.8. The number of anilines is 1. The molecule has 1 aromatic carbocycles. The molecule has 3 heterocycles. The number of piperidine rings is 1. The van der Waals surface area contributed by atoms with Gasteiger partial charge in [-0.05, 0) is 54.8 Å². The predicted molar refractivity (Wildman–Crippen MR) is 121 cm³/mol. The summed E-state index contributed by atoms with van der Waals surface area (Å²) in [5.41, 5.74) is 4.75. The number of nitrogens with one attached hydrogen (secondary N) is 2. The maximum atomic E-state index is 12.6. The van der Waals surface area contributed by atoms with Crippen LogP contribution in [0.5, 0.6) is 0 Å².